The average Bonchev–Trinajstić information content (AvgIpc) is 3.89. The van der Waals surface area contributed by atoms with Crippen LogP contribution in [0.15, 0.2) is 59.5 Å². The molecule has 0 saturated carbocycles. The first-order chi connectivity index (χ1) is 28.2. The highest BCUT2D eigenvalue weighted by Gasteiger charge is 2.50. The Hall–Kier alpha value is -1.24. The van der Waals surface area contributed by atoms with Crippen LogP contribution in [0.5, 0.6) is 0 Å². The molecule has 13 heteroatoms. The molecule has 10 nitrogen and oxygen atoms in total. The monoisotopic (exact) mass is 909 g/mol. The Morgan fingerprint density at radius 2 is 1.52 bits per heavy atom. The van der Waals surface area contributed by atoms with Crippen LogP contribution in [0.25, 0.3) is 0 Å². The van der Waals surface area contributed by atoms with Gasteiger partial charge >= 0.3 is 0 Å². The zero-order valence-electron chi connectivity index (χ0n) is 40.2. The van der Waals surface area contributed by atoms with E-state index in [0.717, 1.165) is 49.7 Å². The molecule has 3 heterocycles. The van der Waals surface area contributed by atoms with E-state index in [2.05, 4.69) is 94.7 Å². The van der Waals surface area contributed by atoms with Crippen molar-refractivity contribution in [3.8, 4) is 0 Å². The van der Waals surface area contributed by atoms with E-state index in [9.17, 15) is 13.5 Å². The molecular formula is C48H84O10SSi2. The summed E-state index contributed by atoms with van der Waals surface area (Å²) in [6.45, 7) is 37.2. The molecule has 3 aliphatic rings. The number of hydrogen-bond acceptors (Lipinski definition) is 10. The van der Waals surface area contributed by atoms with Crippen molar-refractivity contribution in [2.45, 2.75) is 197 Å². The van der Waals surface area contributed by atoms with E-state index in [0.29, 0.717) is 32.2 Å². The minimum absolute atomic E-state index is 0.0207. The highest BCUT2D eigenvalue weighted by Crippen LogP contribution is 2.43. The number of methoxy groups -OCH3 is 1. The van der Waals surface area contributed by atoms with Crippen LogP contribution < -0.4 is 0 Å². The summed E-state index contributed by atoms with van der Waals surface area (Å²) in [5.74, 6) is -0.300. The fourth-order valence-electron chi connectivity index (χ4n) is 8.48. The fourth-order valence-corrected chi connectivity index (χ4v) is 12.5. The molecule has 4 rings (SSSR count). The second kappa shape index (κ2) is 21.8. The number of aliphatic hydroxyl groups excluding tert-OH is 1. The summed E-state index contributed by atoms with van der Waals surface area (Å²) < 4.78 is 72.6. The van der Waals surface area contributed by atoms with Crippen molar-refractivity contribution >= 4 is 26.5 Å². The van der Waals surface area contributed by atoms with E-state index in [1.165, 1.54) is 0 Å². The molecule has 1 N–H and O–H groups in total. The Morgan fingerprint density at radius 1 is 0.902 bits per heavy atom. The molecule has 0 aromatic heterocycles. The molecule has 3 saturated heterocycles. The molecule has 1 aromatic rings. The van der Waals surface area contributed by atoms with Gasteiger partial charge in [0.2, 0.25) is 0 Å². The standard InChI is InChI=1S/C48H84O10SSi2/c1-33(21-23-42-35(3)28-37(56-42)22-24-45-53-25-26-54-45)27-34(2)36(4)41(49)30-43-40(32-59(50,51)39-19-17-16-18-20-39)46(52-11)44(57-43)29-38(58-61(14,15)48(8,9)10)31-55-60(12,13)47(5,6)7/h16-20,33-34,37-38,40-46,49H,3-4,21-32H2,1-2,5-15H3/t33-,34+,37-,38?,40-,41+,42-,43-,44+,46+/m0/s1. The quantitative estimate of drug-likeness (QED) is 0.0840. The summed E-state index contributed by atoms with van der Waals surface area (Å²) in [5, 5.41) is 11.8. The van der Waals surface area contributed by atoms with Crippen molar-refractivity contribution in [2.75, 3.05) is 32.7 Å². The Morgan fingerprint density at radius 3 is 2.11 bits per heavy atom. The van der Waals surface area contributed by atoms with Gasteiger partial charge in [-0.1, -0.05) is 86.7 Å². The van der Waals surface area contributed by atoms with Crippen molar-refractivity contribution in [1.29, 1.82) is 0 Å². The molecule has 0 amide bonds. The van der Waals surface area contributed by atoms with E-state index >= 15 is 0 Å². The summed E-state index contributed by atoms with van der Waals surface area (Å²) in [5.41, 5.74) is 1.89. The molecular weight excluding hydrogens is 825 g/mol. The van der Waals surface area contributed by atoms with E-state index in [4.69, 9.17) is 32.5 Å². The predicted octanol–water partition coefficient (Wildman–Crippen LogP) is 10.3. The highest BCUT2D eigenvalue weighted by atomic mass is 32.2. The van der Waals surface area contributed by atoms with Gasteiger partial charge in [-0.2, -0.15) is 0 Å². The van der Waals surface area contributed by atoms with Gasteiger partial charge in [0.1, 0.15) is 0 Å². The first-order valence-corrected chi connectivity index (χ1v) is 30.4. The maximum atomic E-state index is 14.0. The number of ether oxygens (including phenoxy) is 5. The largest absolute Gasteiger partial charge is 0.414 e. The molecule has 350 valence electrons. The minimum atomic E-state index is -3.72. The van der Waals surface area contributed by atoms with Gasteiger partial charge in [-0.25, -0.2) is 8.42 Å². The number of sulfone groups is 1. The van der Waals surface area contributed by atoms with E-state index in [1.807, 2.05) is 6.07 Å². The van der Waals surface area contributed by atoms with Gasteiger partial charge in [0.25, 0.3) is 0 Å². The zero-order valence-corrected chi connectivity index (χ0v) is 43.0. The molecule has 0 radical (unpaired) electrons. The Bertz CT molecular complexity index is 1650. The van der Waals surface area contributed by atoms with E-state index in [-0.39, 0.29) is 57.7 Å². The third kappa shape index (κ3) is 14.6. The number of hydrogen-bond donors (Lipinski definition) is 1. The molecule has 1 aromatic carbocycles. The molecule has 0 aliphatic carbocycles. The maximum Gasteiger partial charge on any atom is 0.192 e. The summed E-state index contributed by atoms with van der Waals surface area (Å²) in [6.07, 6.45) is 3.34. The average molecular weight is 909 g/mol. The lowest BCUT2D eigenvalue weighted by molar-refractivity contribution is -0.0587. The SMILES string of the molecule is C=C([C@H](C)C[C@@H](C)CC[C@@H]1O[C@@H](CCC2OCCO2)CC1=C)[C@H](O)C[C@@H]1O[C@H](CC(CO[Si](C)(C)C(C)(C)C)O[Si](C)(C)C(C)(C)C)[C@H](OC)[C@H]1CS(=O)(=O)c1ccccc1. The van der Waals surface area contributed by atoms with Crippen molar-refractivity contribution in [2.24, 2.45) is 17.8 Å². The molecule has 61 heavy (non-hydrogen) atoms. The summed E-state index contributed by atoms with van der Waals surface area (Å²) in [4.78, 5) is 0.261. The van der Waals surface area contributed by atoms with E-state index in [1.54, 1.807) is 31.4 Å². The lowest BCUT2D eigenvalue weighted by Crippen LogP contribution is -2.49. The molecule has 3 aliphatic heterocycles. The van der Waals surface area contributed by atoms with Gasteiger partial charge in [-0.3, -0.25) is 0 Å². The zero-order chi connectivity index (χ0) is 45.6. The lowest BCUT2D eigenvalue weighted by atomic mass is 9.84. The first kappa shape index (κ1) is 52.4. The summed E-state index contributed by atoms with van der Waals surface area (Å²) in [7, 11) is -6.47. The Labute approximate surface area is 373 Å². The lowest BCUT2D eigenvalue weighted by Gasteiger charge is -2.42. The minimum Gasteiger partial charge on any atom is -0.414 e. The second-order valence-electron chi connectivity index (χ2n) is 21.5. The number of rotatable bonds is 23. The van der Waals surface area contributed by atoms with Gasteiger partial charge in [-0.05, 0) is 103 Å². The summed E-state index contributed by atoms with van der Waals surface area (Å²) >= 11 is 0. The van der Waals surface area contributed by atoms with Crippen molar-refractivity contribution in [1.82, 2.24) is 0 Å². The fraction of sp³-hybridized carbons (Fsp3) is 0.792. The van der Waals surface area contributed by atoms with Gasteiger partial charge in [0.05, 0.1) is 73.2 Å². The molecule has 1 unspecified atom stereocenters. The van der Waals surface area contributed by atoms with Crippen LogP contribution in [-0.2, 0) is 42.4 Å². The van der Waals surface area contributed by atoms with Crippen LogP contribution in [0, 0.1) is 17.8 Å². The third-order valence-electron chi connectivity index (χ3n) is 14.5. The van der Waals surface area contributed by atoms with Crippen LogP contribution in [0.4, 0.5) is 0 Å². The van der Waals surface area contributed by atoms with Gasteiger partial charge in [-0.15, -0.1) is 0 Å². The van der Waals surface area contributed by atoms with Crippen LogP contribution in [-0.4, -0.2) is 112 Å². The number of benzene rings is 1. The third-order valence-corrected chi connectivity index (χ3v) is 25.4. The normalized spacial score (nSPS) is 26.8. The predicted molar refractivity (Wildman–Crippen MR) is 251 cm³/mol. The van der Waals surface area contributed by atoms with Gasteiger partial charge in [0, 0.05) is 32.3 Å². The van der Waals surface area contributed by atoms with Crippen LogP contribution >= 0.6 is 0 Å². The molecule has 0 bridgehead atoms. The topological polar surface area (TPSA) is 119 Å². The van der Waals surface area contributed by atoms with Crippen LogP contribution in [0.3, 0.4) is 0 Å². The smallest absolute Gasteiger partial charge is 0.192 e. The van der Waals surface area contributed by atoms with E-state index < -0.39 is 56.8 Å². The van der Waals surface area contributed by atoms with Crippen LogP contribution in [0.2, 0.25) is 36.3 Å². The van der Waals surface area contributed by atoms with Crippen molar-refractivity contribution < 1.29 is 46.1 Å². The first-order valence-electron chi connectivity index (χ1n) is 23.0. The highest BCUT2D eigenvalue weighted by molar-refractivity contribution is 7.91. The van der Waals surface area contributed by atoms with Crippen molar-refractivity contribution in [3.05, 3.63) is 54.6 Å². The molecule has 0 spiro atoms. The maximum absolute atomic E-state index is 14.0. The Kier molecular flexibility index (Phi) is 18.8. The summed E-state index contributed by atoms with van der Waals surface area (Å²) in [6, 6.07) is 8.56. The van der Waals surface area contributed by atoms with Gasteiger partial charge < -0.3 is 37.6 Å². The molecule has 3 fully saturated rings. The number of aliphatic hydroxyl groups is 1. The van der Waals surface area contributed by atoms with Crippen LogP contribution in [0.1, 0.15) is 107 Å². The second-order valence-corrected chi connectivity index (χ2v) is 33.1. The Balaban J connectivity index is 1.46. The van der Waals surface area contributed by atoms with Gasteiger partial charge in [0.15, 0.2) is 32.8 Å². The van der Waals surface area contributed by atoms with Crippen molar-refractivity contribution in [3.63, 3.8) is 0 Å². The molecule has 10 atom stereocenters.